The number of thioether (sulfide) groups is 1. The summed E-state index contributed by atoms with van der Waals surface area (Å²) in [6, 6.07) is 0. The maximum atomic E-state index is 5.89. The van der Waals surface area contributed by atoms with Crippen LogP contribution in [0.25, 0.3) is 0 Å². The van der Waals surface area contributed by atoms with Gasteiger partial charge in [0.15, 0.2) is 0 Å². The summed E-state index contributed by atoms with van der Waals surface area (Å²) in [5, 5.41) is 0. The quantitative estimate of drug-likeness (QED) is 0.719. The molecule has 1 saturated carbocycles. The molecule has 88 valence electrons. The molecule has 0 spiro atoms. The molecule has 0 aromatic carbocycles. The van der Waals surface area contributed by atoms with Gasteiger partial charge in [-0.2, -0.15) is 0 Å². The number of ether oxygens (including phenoxy) is 1. The van der Waals surface area contributed by atoms with Crippen LogP contribution >= 0.6 is 11.8 Å². The zero-order valence-electron chi connectivity index (χ0n) is 9.78. The van der Waals surface area contributed by atoms with E-state index in [4.69, 9.17) is 4.74 Å². The number of rotatable bonds is 5. The highest BCUT2D eigenvalue weighted by Gasteiger charge is 2.22. The summed E-state index contributed by atoms with van der Waals surface area (Å²) in [6.07, 6.45) is 9.49. The minimum atomic E-state index is 0.620. The molecule has 15 heavy (non-hydrogen) atoms. The molecule has 2 fully saturated rings. The van der Waals surface area contributed by atoms with E-state index in [1.807, 2.05) is 11.8 Å². The third-order valence-corrected chi connectivity index (χ3v) is 4.26. The van der Waals surface area contributed by atoms with Gasteiger partial charge in [-0.15, -0.1) is 11.8 Å². The van der Waals surface area contributed by atoms with Crippen molar-refractivity contribution in [2.75, 3.05) is 31.8 Å². The van der Waals surface area contributed by atoms with Gasteiger partial charge in [0, 0.05) is 12.5 Å². The van der Waals surface area contributed by atoms with Gasteiger partial charge in [0.1, 0.15) is 0 Å². The number of hydrogen-bond donors (Lipinski definition) is 0. The molecule has 0 radical (unpaired) electrons. The molecule has 2 nitrogen and oxygen atoms in total. The van der Waals surface area contributed by atoms with Gasteiger partial charge in [0.2, 0.25) is 0 Å². The monoisotopic (exact) mass is 229 g/mol. The molecule has 1 saturated heterocycles. The fraction of sp³-hybridized carbons (Fsp3) is 1.00. The highest BCUT2D eigenvalue weighted by Crippen LogP contribution is 2.25. The van der Waals surface area contributed by atoms with Gasteiger partial charge < -0.3 is 4.74 Å². The summed E-state index contributed by atoms with van der Waals surface area (Å²) >= 11 is 1.94. The smallest absolute Gasteiger partial charge is 0.0575 e. The van der Waals surface area contributed by atoms with Crippen molar-refractivity contribution in [3.05, 3.63) is 0 Å². The molecule has 1 heterocycles. The largest absolute Gasteiger partial charge is 0.378 e. The van der Waals surface area contributed by atoms with Gasteiger partial charge in [-0.25, -0.2) is 0 Å². The van der Waals surface area contributed by atoms with Gasteiger partial charge in [0.25, 0.3) is 0 Å². The lowest BCUT2D eigenvalue weighted by molar-refractivity contribution is -0.0249. The van der Waals surface area contributed by atoms with Crippen molar-refractivity contribution in [1.82, 2.24) is 4.90 Å². The zero-order chi connectivity index (χ0) is 10.5. The highest BCUT2D eigenvalue weighted by molar-refractivity contribution is 7.98. The zero-order valence-corrected chi connectivity index (χ0v) is 10.6. The van der Waals surface area contributed by atoms with Crippen molar-refractivity contribution >= 4 is 11.8 Å². The molecule has 0 aromatic heterocycles. The molecule has 1 aliphatic heterocycles. The van der Waals surface area contributed by atoms with Crippen LogP contribution in [0.4, 0.5) is 0 Å². The van der Waals surface area contributed by atoms with Gasteiger partial charge in [0.05, 0.1) is 6.10 Å². The first-order chi connectivity index (χ1) is 7.38. The molecule has 0 bridgehead atoms. The standard InChI is InChI=1S/C12H23NOS/c1-15-10-13-7-5-11(6-8-13)9-14-12-3-2-4-12/h11-12H,2-10H2,1H3. The Morgan fingerprint density at radius 3 is 2.47 bits per heavy atom. The van der Waals surface area contributed by atoms with Crippen molar-refractivity contribution in [2.45, 2.75) is 38.2 Å². The summed E-state index contributed by atoms with van der Waals surface area (Å²) in [6.45, 7) is 3.58. The molecule has 0 N–H and O–H groups in total. The summed E-state index contributed by atoms with van der Waals surface area (Å²) < 4.78 is 5.89. The minimum Gasteiger partial charge on any atom is -0.378 e. The lowest BCUT2D eigenvalue weighted by atomic mass is 9.95. The van der Waals surface area contributed by atoms with Crippen LogP contribution in [0.5, 0.6) is 0 Å². The molecule has 0 atom stereocenters. The van der Waals surface area contributed by atoms with E-state index in [0.29, 0.717) is 6.10 Å². The predicted molar refractivity (Wildman–Crippen MR) is 66.3 cm³/mol. The van der Waals surface area contributed by atoms with Crippen LogP contribution in [0, 0.1) is 5.92 Å². The molecule has 3 heteroatoms. The molecule has 2 aliphatic rings. The minimum absolute atomic E-state index is 0.620. The van der Waals surface area contributed by atoms with E-state index < -0.39 is 0 Å². The van der Waals surface area contributed by atoms with Gasteiger partial charge in [-0.05, 0) is 57.4 Å². The average molecular weight is 229 g/mol. The topological polar surface area (TPSA) is 12.5 Å². The molecule has 0 aromatic rings. The number of nitrogens with zero attached hydrogens (tertiary/aromatic N) is 1. The molecule has 1 aliphatic carbocycles. The van der Waals surface area contributed by atoms with E-state index in [-0.39, 0.29) is 0 Å². The predicted octanol–water partition coefficient (Wildman–Crippen LogP) is 2.59. The second-order valence-corrected chi connectivity index (χ2v) is 5.70. The molecule has 0 amide bonds. The first-order valence-corrected chi connectivity index (χ1v) is 7.61. The summed E-state index contributed by atoms with van der Waals surface area (Å²) in [4.78, 5) is 2.56. The van der Waals surface area contributed by atoms with Crippen LogP contribution in [-0.4, -0.2) is 42.8 Å². The Balaban J connectivity index is 1.56. The molecular weight excluding hydrogens is 206 g/mol. The Labute approximate surface area is 97.7 Å². The van der Waals surface area contributed by atoms with Crippen molar-refractivity contribution in [2.24, 2.45) is 5.92 Å². The number of piperidine rings is 1. The van der Waals surface area contributed by atoms with Crippen molar-refractivity contribution in [3.8, 4) is 0 Å². The van der Waals surface area contributed by atoms with Crippen LogP contribution in [0.3, 0.4) is 0 Å². The Kier molecular flexibility index (Phi) is 4.79. The van der Waals surface area contributed by atoms with Crippen molar-refractivity contribution in [3.63, 3.8) is 0 Å². The van der Waals surface area contributed by atoms with E-state index in [1.165, 1.54) is 51.1 Å². The van der Waals surface area contributed by atoms with E-state index in [2.05, 4.69) is 11.2 Å². The summed E-state index contributed by atoms with van der Waals surface area (Å²) in [5.74, 6) is 2.04. The number of likely N-dealkylation sites (tertiary alicyclic amines) is 1. The summed E-state index contributed by atoms with van der Waals surface area (Å²) in [7, 11) is 0. The first kappa shape index (κ1) is 11.7. The Morgan fingerprint density at radius 1 is 1.20 bits per heavy atom. The van der Waals surface area contributed by atoms with Crippen LogP contribution in [0.1, 0.15) is 32.1 Å². The summed E-state index contributed by atoms with van der Waals surface area (Å²) in [5.41, 5.74) is 0. The Morgan fingerprint density at radius 2 is 1.93 bits per heavy atom. The number of hydrogen-bond acceptors (Lipinski definition) is 3. The van der Waals surface area contributed by atoms with Crippen LogP contribution in [-0.2, 0) is 4.74 Å². The van der Waals surface area contributed by atoms with Crippen LogP contribution < -0.4 is 0 Å². The normalized spacial score (nSPS) is 25.4. The maximum absolute atomic E-state index is 5.89. The van der Waals surface area contributed by atoms with Gasteiger partial charge >= 0.3 is 0 Å². The second kappa shape index (κ2) is 6.12. The average Bonchev–Trinajstić information content (AvgIpc) is 2.19. The van der Waals surface area contributed by atoms with Crippen LogP contribution in [0.2, 0.25) is 0 Å². The third-order valence-electron chi connectivity index (χ3n) is 3.64. The lowest BCUT2D eigenvalue weighted by Gasteiger charge is -2.33. The Hall–Kier alpha value is 0.270. The van der Waals surface area contributed by atoms with E-state index in [9.17, 15) is 0 Å². The maximum Gasteiger partial charge on any atom is 0.0575 e. The third kappa shape index (κ3) is 3.65. The van der Waals surface area contributed by atoms with Gasteiger partial charge in [-0.1, -0.05) is 0 Å². The van der Waals surface area contributed by atoms with E-state index in [0.717, 1.165) is 12.5 Å². The SMILES string of the molecule is CSCN1CCC(COC2CCC2)CC1. The van der Waals surface area contributed by atoms with Crippen molar-refractivity contribution in [1.29, 1.82) is 0 Å². The van der Waals surface area contributed by atoms with Crippen LogP contribution in [0.15, 0.2) is 0 Å². The Bertz CT molecular complexity index is 176. The molecule has 0 unspecified atom stereocenters. The van der Waals surface area contributed by atoms with E-state index >= 15 is 0 Å². The molecular formula is C12H23NOS. The lowest BCUT2D eigenvalue weighted by Crippen LogP contribution is -2.35. The highest BCUT2D eigenvalue weighted by atomic mass is 32.2. The second-order valence-electron chi connectivity index (χ2n) is 4.87. The van der Waals surface area contributed by atoms with Crippen molar-refractivity contribution < 1.29 is 4.74 Å². The first-order valence-electron chi connectivity index (χ1n) is 6.21. The van der Waals surface area contributed by atoms with Gasteiger partial charge in [-0.3, -0.25) is 4.90 Å². The van der Waals surface area contributed by atoms with E-state index in [1.54, 1.807) is 0 Å². The fourth-order valence-corrected chi connectivity index (χ4v) is 2.90. The fourth-order valence-electron chi connectivity index (χ4n) is 2.27. The molecule has 2 rings (SSSR count).